The number of nitrogens with one attached hydrogen (secondary N) is 1. The molecule has 24 heavy (non-hydrogen) atoms. The van der Waals surface area contributed by atoms with Crippen LogP contribution in [0.5, 0.6) is 5.75 Å². The van der Waals surface area contributed by atoms with Gasteiger partial charge in [0.05, 0.1) is 18.4 Å². The molecule has 0 spiro atoms. The van der Waals surface area contributed by atoms with Gasteiger partial charge in [0, 0.05) is 6.07 Å². The lowest BCUT2D eigenvalue weighted by atomic mass is 10.1. The Bertz CT molecular complexity index is 777. The van der Waals surface area contributed by atoms with Crippen molar-refractivity contribution >= 4 is 17.6 Å². The van der Waals surface area contributed by atoms with E-state index in [1.165, 1.54) is 0 Å². The minimum absolute atomic E-state index is 0.338. The molecule has 5 nitrogen and oxygen atoms in total. The van der Waals surface area contributed by atoms with Crippen LogP contribution in [0.15, 0.2) is 36.4 Å². The monoisotopic (exact) mass is 335 g/mol. The average molecular weight is 335 g/mol. The average Bonchev–Trinajstić information content (AvgIpc) is 2.55. The first-order valence-corrected chi connectivity index (χ1v) is 6.97. The van der Waals surface area contributed by atoms with Crippen molar-refractivity contribution in [2.24, 2.45) is 0 Å². The van der Waals surface area contributed by atoms with Crippen molar-refractivity contribution in [3.63, 3.8) is 0 Å². The van der Waals surface area contributed by atoms with Gasteiger partial charge in [-0.2, -0.15) is 0 Å². The van der Waals surface area contributed by atoms with Gasteiger partial charge >= 0.3 is 5.97 Å². The summed E-state index contributed by atoms with van der Waals surface area (Å²) >= 11 is 0. The predicted molar refractivity (Wildman–Crippen MR) is 83.0 cm³/mol. The standard InChI is InChI=1S/C17H15F2NO4/c1-10-4-3-5-11(6-10)24-9-16(21)20-15-7-12(17(22)23-2)13(18)8-14(15)19/h3-8H,9H2,1-2H3,(H,20,21). The zero-order valence-electron chi connectivity index (χ0n) is 13.1. The van der Waals surface area contributed by atoms with Crippen molar-refractivity contribution in [1.82, 2.24) is 0 Å². The van der Waals surface area contributed by atoms with E-state index in [-0.39, 0.29) is 12.3 Å². The molecule has 1 N–H and O–H groups in total. The first-order valence-electron chi connectivity index (χ1n) is 6.97. The Balaban J connectivity index is 2.07. The van der Waals surface area contributed by atoms with Gasteiger partial charge in [0.25, 0.3) is 5.91 Å². The number of esters is 1. The van der Waals surface area contributed by atoms with Gasteiger partial charge in [0.1, 0.15) is 17.4 Å². The van der Waals surface area contributed by atoms with Crippen molar-refractivity contribution in [1.29, 1.82) is 0 Å². The zero-order chi connectivity index (χ0) is 17.7. The summed E-state index contributed by atoms with van der Waals surface area (Å²) in [6, 6.07) is 8.43. The van der Waals surface area contributed by atoms with Crippen LogP contribution in [0.2, 0.25) is 0 Å². The number of aryl methyl sites for hydroxylation is 1. The molecule has 0 radical (unpaired) electrons. The summed E-state index contributed by atoms with van der Waals surface area (Å²) in [4.78, 5) is 23.2. The highest BCUT2D eigenvalue weighted by Gasteiger charge is 2.18. The number of methoxy groups -OCH3 is 1. The van der Waals surface area contributed by atoms with Crippen LogP contribution in [0.4, 0.5) is 14.5 Å². The molecule has 0 atom stereocenters. The molecule has 0 aliphatic carbocycles. The highest BCUT2D eigenvalue weighted by molar-refractivity contribution is 5.95. The van der Waals surface area contributed by atoms with Crippen molar-refractivity contribution < 1.29 is 27.8 Å². The molecule has 1 amide bonds. The first kappa shape index (κ1) is 17.4. The van der Waals surface area contributed by atoms with Crippen molar-refractivity contribution in [3.8, 4) is 5.75 Å². The van der Waals surface area contributed by atoms with Gasteiger partial charge in [-0.1, -0.05) is 12.1 Å². The molecule has 0 unspecified atom stereocenters. The second-order valence-corrected chi connectivity index (χ2v) is 4.96. The number of ether oxygens (including phenoxy) is 2. The van der Waals surface area contributed by atoms with Gasteiger partial charge < -0.3 is 14.8 Å². The topological polar surface area (TPSA) is 64.6 Å². The van der Waals surface area contributed by atoms with Crippen LogP contribution in [-0.4, -0.2) is 25.6 Å². The molecular weight excluding hydrogens is 320 g/mol. The Labute approximate surface area is 137 Å². The molecule has 0 fully saturated rings. The fourth-order valence-corrected chi connectivity index (χ4v) is 1.95. The van der Waals surface area contributed by atoms with Gasteiger partial charge in [-0.05, 0) is 30.7 Å². The van der Waals surface area contributed by atoms with E-state index >= 15 is 0 Å². The van der Waals surface area contributed by atoms with E-state index in [9.17, 15) is 18.4 Å². The number of halogens is 2. The van der Waals surface area contributed by atoms with Gasteiger partial charge in [-0.3, -0.25) is 4.79 Å². The van der Waals surface area contributed by atoms with Crippen LogP contribution in [0.3, 0.4) is 0 Å². The minimum atomic E-state index is -1.08. The van der Waals surface area contributed by atoms with Crippen LogP contribution in [0, 0.1) is 18.6 Å². The Morgan fingerprint density at radius 3 is 2.54 bits per heavy atom. The second kappa shape index (κ2) is 7.54. The molecule has 0 saturated heterocycles. The molecule has 0 heterocycles. The molecule has 2 rings (SSSR count). The Morgan fingerprint density at radius 1 is 1.12 bits per heavy atom. The lowest BCUT2D eigenvalue weighted by molar-refractivity contribution is -0.118. The summed E-state index contributed by atoms with van der Waals surface area (Å²) in [6.07, 6.45) is 0. The van der Waals surface area contributed by atoms with Crippen molar-refractivity contribution in [2.45, 2.75) is 6.92 Å². The lowest BCUT2D eigenvalue weighted by Crippen LogP contribution is -2.21. The Kier molecular flexibility index (Phi) is 5.47. The number of benzene rings is 2. The summed E-state index contributed by atoms with van der Waals surface area (Å²) < 4.78 is 36.9. The fraction of sp³-hybridized carbons (Fsp3) is 0.176. The van der Waals surface area contributed by atoms with Gasteiger partial charge in [0.2, 0.25) is 0 Å². The second-order valence-electron chi connectivity index (χ2n) is 4.96. The summed E-state index contributed by atoms with van der Waals surface area (Å²) in [5.74, 6) is -3.23. The molecule has 7 heteroatoms. The number of hydrogen-bond donors (Lipinski definition) is 1. The summed E-state index contributed by atoms with van der Waals surface area (Å²) in [5.41, 5.74) is 0.142. The predicted octanol–water partition coefficient (Wildman–Crippen LogP) is 3.08. The molecule has 2 aromatic rings. The molecular formula is C17H15F2NO4. The van der Waals surface area contributed by atoms with E-state index in [0.717, 1.165) is 18.7 Å². The largest absolute Gasteiger partial charge is 0.484 e. The van der Waals surface area contributed by atoms with E-state index in [4.69, 9.17) is 4.74 Å². The number of carbonyl (C=O) groups is 2. The van der Waals surface area contributed by atoms with Crippen LogP contribution >= 0.6 is 0 Å². The molecule has 0 aliphatic heterocycles. The fourth-order valence-electron chi connectivity index (χ4n) is 1.95. The minimum Gasteiger partial charge on any atom is -0.484 e. The maximum absolute atomic E-state index is 13.7. The number of amides is 1. The SMILES string of the molecule is COC(=O)c1cc(NC(=O)COc2cccc(C)c2)c(F)cc1F. The lowest BCUT2D eigenvalue weighted by Gasteiger charge is -2.10. The molecule has 126 valence electrons. The first-order chi connectivity index (χ1) is 11.4. The molecule has 0 saturated carbocycles. The maximum Gasteiger partial charge on any atom is 0.340 e. The molecule has 2 aromatic carbocycles. The van der Waals surface area contributed by atoms with Crippen LogP contribution in [0.25, 0.3) is 0 Å². The number of rotatable bonds is 5. The molecule has 0 bridgehead atoms. The zero-order valence-corrected chi connectivity index (χ0v) is 13.1. The quantitative estimate of drug-likeness (QED) is 0.853. The van der Waals surface area contributed by atoms with Gasteiger partial charge in [-0.25, -0.2) is 13.6 Å². The number of hydrogen-bond acceptors (Lipinski definition) is 4. The third-order valence-electron chi connectivity index (χ3n) is 3.10. The van der Waals surface area contributed by atoms with Crippen LogP contribution in [0.1, 0.15) is 15.9 Å². The van der Waals surface area contributed by atoms with Gasteiger partial charge in [-0.15, -0.1) is 0 Å². The van der Waals surface area contributed by atoms with Gasteiger partial charge in [0.15, 0.2) is 6.61 Å². The Hall–Kier alpha value is -2.96. The number of carbonyl (C=O) groups excluding carboxylic acids is 2. The molecule has 0 aliphatic rings. The van der Waals surface area contributed by atoms with E-state index in [1.807, 2.05) is 13.0 Å². The van der Waals surface area contributed by atoms with Crippen molar-refractivity contribution in [2.75, 3.05) is 19.0 Å². The summed E-state index contributed by atoms with van der Waals surface area (Å²) in [6.45, 7) is 1.50. The Morgan fingerprint density at radius 2 is 1.88 bits per heavy atom. The van der Waals surface area contributed by atoms with Crippen LogP contribution < -0.4 is 10.1 Å². The highest BCUT2D eigenvalue weighted by atomic mass is 19.1. The third-order valence-corrected chi connectivity index (χ3v) is 3.10. The van der Waals surface area contributed by atoms with Crippen LogP contribution in [-0.2, 0) is 9.53 Å². The molecule has 0 aromatic heterocycles. The highest BCUT2D eigenvalue weighted by Crippen LogP contribution is 2.20. The third kappa shape index (κ3) is 4.28. The van der Waals surface area contributed by atoms with Crippen molar-refractivity contribution in [3.05, 3.63) is 59.2 Å². The van der Waals surface area contributed by atoms with E-state index in [2.05, 4.69) is 10.1 Å². The maximum atomic E-state index is 13.7. The number of anilines is 1. The summed E-state index contributed by atoms with van der Waals surface area (Å²) in [7, 11) is 1.07. The smallest absolute Gasteiger partial charge is 0.340 e. The van der Waals surface area contributed by atoms with E-state index in [1.54, 1.807) is 18.2 Å². The summed E-state index contributed by atoms with van der Waals surface area (Å²) in [5, 5.41) is 2.23. The van der Waals surface area contributed by atoms with E-state index in [0.29, 0.717) is 11.8 Å². The normalized spacial score (nSPS) is 10.2. The van der Waals surface area contributed by atoms with E-state index < -0.39 is 29.1 Å².